The number of amides is 1. The number of nitrogens with zero attached hydrogens (tertiary/aromatic N) is 1. The zero-order chi connectivity index (χ0) is 24.9. The summed E-state index contributed by atoms with van der Waals surface area (Å²) in [6.07, 6.45) is 1.59. The van der Waals surface area contributed by atoms with Crippen LogP contribution in [-0.2, 0) is 11.4 Å². The van der Waals surface area contributed by atoms with Gasteiger partial charge < -0.3 is 10.1 Å². The molecule has 0 atom stereocenters. The van der Waals surface area contributed by atoms with Crippen LogP contribution in [0.3, 0.4) is 0 Å². The van der Waals surface area contributed by atoms with Gasteiger partial charge in [-0.25, -0.2) is 0 Å². The number of anilines is 1. The van der Waals surface area contributed by atoms with E-state index < -0.39 is 5.91 Å². The number of nitriles is 1. The van der Waals surface area contributed by atoms with Crippen molar-refractivity contribution >= 4 is 67.0 Å². The fourth-order valence-electron chi connectivity index (χ4n) is 3.74. The van der Waals surface area contributed by atoms with Gasteiger partial charge in [-0.1, -0.05) is 54.6 Å². The van der Waals surface area contributed by atoms with Crippen LogP contribution in [0.1, 0.15) is 22.3 Å². The Morgan fingerprint density at radius 1 is 1.09 bits per heavy atom. The lowest BCUT2D eigenvalue weighted by molar-refractivity contribution is -0.112. The number of hydrogen-bond donors (Lipinski definition) is 1. The van der Waals surface area contributed by atoms with Crippen molar-refractivity contribution in [1.82, 2.24) is 0 Å². The number of halogens is 2. The van der Waals surface area contributed by atoms with E-state index in [1.54, 1.807) is 6.08 Å². The number of aryl methyl sites for hydroxylation is 2. The normalized spacial score (nSPS) is 11.2. The van der Waals surface area contributed by atoms with Gasteiger partial charge in [-0.05, 0) is 110 Å². The smallest absolute Gasteiger partial charge is 0.266 e. The predicted molar refractivity (Wildman–Crippen MR) is 153 cm³/mol. The van der Waals surface area contributed by atoms with E-state index in [1.165, 1.54) is 5.39 Å². The van der Waals surface area contributed by atoms with E-state index in [0.717, 1.165) is 35.7 Å². The highest BCUT2D eigenvalue weighted by Crippen LogP contribution is 2.34. The average Bonchev–Trinajstić information content (AvgIpc) is 2.84. The summed E-state index contributed by atoms with van der Waals surface area (Å²) in [5.41, 5.74) is 4.52. The largest absolute Gasteiger partial charge is 0.487 e. The number of carbonyl (C=O) groups excluding carboxylic acids is 1. The molecule has 0 saturated heterocycles. The van der Waals surface area contributed by atoms with Crippen LogP contribution in [-0.4, -0.2) is 5.91 Å². The van der Waals surface area contributed by atoms with Crippen LogP contribution in [0.15, 0.2) is 82.8 Å². The van der Waals surface area contributed by atoms with Crippen LogP contribution in [0.25, 0.3) is 16.8 Å². The van der Waals surface area contributed by atoms with E-state index in [0.29, 0.717) is 18.0 Å². The van der Waals surface area contributed by atoms with Crippen LogP contribution >= 0.6 is 38.5 Å². The molecule has 0 aliphatic rings. The minimum atomic E-state index is -0.441. The standard InChI is InChI=1S/C29H22BrIN2O2/c1-18-10-11-19(2)27(12-18)33-29(34)23(16-32)13-20-14-25(30)28(26(31)15-20)35-17-22-8-5-7-21-6-3-4-9-24(21)22/h3-15H,17H2,1-2H3,(H,33,34)/b23-13+. The molecule has 0 spiro atoms. The molecular weight excluding hydrogens is 615 g/mol. The van der Waals surface area contributed by atoms with E-state index in [4.69, 9.17) is 4.74 Å². The number of nitrogens with one attached hydrogen (secondary N) is 1. The van der Waals surface area contributed by atoms with Gasteiger partial charge in [-0.15, -0.1) is 0 Å². The van der Waals surface area contributed by atoms with Crippen molar-refractivity contribution in [1.29, 1.82) is 5.26 Å². The first-order chi connectivity index (χ1) is 16.9. The molecule has 0 saturated carbocycles. The third-order valence-corrected chi connectivity index (χ3v) is 6.98. The van der Waals surface area contributed by atoms with Crippen molar-refractivity contribution in [3.8, 4) is 11.8 Å². The van der Waals surface area contributed by atoms with Gasteiger partial charge in [0, 0.05) is 5.69 Å². The summed E-state index contributed by atoms with van der Waals surface area (Å²) in [5.74, 6) is 0.276. The Morgan fingerprint density at radius 3 is 2.63 bits per heavy atom. The molecule has 0 radical (unpaired) electrons. The molecular formula is C29H22BrIN2O2. The molecule has 1 amide bonds. The summed E-state index contributed by atoms with van der Waals surface area (Å²) in [6.45, 7) is 4.30. The molecule has 1 N–H and O–H groups in total. The van der Waals surface area contributed by atoms with Crippen molar-refractivity contribution in [3.05, 3.63) is 109 Å². The number of hydrogen-bond acceptors (Lipinski definition) is 3. The van der Waals surface area contributed by atoms with Crippen molar-refractivity contribution in [2.45, 2.75) is 20.5 Å². The number of carbonyl (C=O) groups is 1. The minimum absolute atomic E-state index is 0.0260. The van der Waals surface area contributed by atoms with Crippen LogP contribution in [0.4, 0.5) is 5.69 Å². The third-order valence-electron chi connectivity index (χ3n) is 5.59. The van der Waals surface area contributed by atoms with Gasteiger partial charge in [-0.3, -0.25) is 4.79 Å². The Balaban J connectivity index is 1.54. The van der Waals surface area contributed by atoms with Crippen LogP contribution < -0.4 is 10.1 Å². The van der Waals surface area contributed by atoms with Crippen molar-refractivity contribution in [3.63, 3.8) is 0 Å². The van der Waals surface area contributed by atoms with E-state index in [2.05, 4.69) is 68.1 Å². The molecule has 0 aromatic heterocycles. The highest BCUT2D eigenvalue weighted by Gasteiger charge is 2.14. The van der Waals surface area contributed by atoms with Gasteiger partial charge in [0.1, 0.15) is 24.0 Å². The van der Waals surface area contributed by atoms with Gasteiger partial charge >= 0.3 is 0 Å². The lowest BCUT2D eigenvalue weighted by Crippen LogP contribution is -2.14. The quantitative estimate of drug-likeness (QED) is 0.133. The second kappa shape index (κ2) is 11.1. The summed E-state index contributed by atoms with van der Waals surface area (Å²) < 4.78 is 7.80. The first-order valence-electron chi connectivity index (χ1n) is 10.9. The van der Waals surface area contributed by atoms with Crippen molar-refractivity contribution in [2.24, 2.45) is 0 Å². The molecule has 4 rings (SSSR count). The maximum absolute atomic E-state index is 12.8. The molecule has 6 heteroatoms. The van der Waals surface area contributed by atoms with E-state index >= 15 is 0 Å². The second-order valence-corrected chi connectivity index (χ2v) is 10.2. The summed E-state index contributed by atoms with van der Waals surface area (Å²) in [7, 11) is 0. The van der Waals surface area contributed by atoms with Crippen LogP contribution in [0.5, 0.6) is 5.75 Å². The minimum Gasteiger partial charge on any atom is -0.487 e. The molecule has 0 unspecified atom stereocenters. The highest BCUT2D eigenvalue weighted by atomic mass is 127. The Hall–Kier alpha value is -3.15. The number of rotatable bonds is 6. The summed E-state index contributed by atoms with van der Waals surface area (Å²) >= 11 is 5.81. The highest BCUT2D eigenvalue weighted by molar-refractivity contribution is 14.1. The topological polar surface area (TPSA) is 62.1 Å². The molecule has 35 heavy (non-hydrogen) atoms. The van der Waals surface area contributed by atoms with Crippen LogP contribution in [0.2, 0.25) is 0 Å². The zero-order valence-corrected chi connectivity index (χ0v) is 23.0. The molecule has 0 bridgehead atoms. The van der Waals surface area contributed by atoms with Crippen molar-refractivity contribution in [2.75, 3.05) is 5.32 Å². The predicted octanol–water partition coefficient (Wildman–Crippen LogP) is 7.95. The molecule has 4 aromatic rings. The van der Waals surface area contributed by atoms with E-state index in [1.807, 2.05) is 68.4 Å². The van der Waals surface area contributed by atoms with Crippen molar-refractivity contribution < 1.29 is 9.53 Å². The molecule has 0 aliphatic heterocycles. The zero-order valence-electron chi connectivity index (χ0n) is 19.2. The second-order valence-electron chi connectivity index (χ2n) is 8.18. The first-order valence-corrected chi connectivity index (χ1v) is 12.8. The summed E-state index contributed by atoms with van der Waals surface area (Å²) in [4.78, 5) is 12.8. The SMILES string of the molecule is Cc1ccc(C)c(NC(=O)/C(C#N)=C/c2cc(Br)c(OCc3cccc4ccccc34)c(I)c2)c1. The fourth-order valence-corrected chi connectivity index (χ4v) is 5.51. The molecule has 174 valence electrons. The maximum atomic E-state index is 12.8. The lowest BCUT2D eigenvalue weighted by Gasteiger charge is -2.13. The first kappa shape index (κ1) is 25.0. The van der Waals surface area contributed by atoms with E-state index in [9.17, 15) is 10.1 Å². The molecule has 4 nitrogen and oxygen atoms in total. The summed E-state index contributed by atoms with van der Waals surface area (Å²) in [5, 5.41) is 14.8. The third kappa shape index (κ3) is 5.92. The van der Waals surface area contributed by atoms with Gasteiger partial charge in [0.05, 0.1) is 8.04 Å². The Morgan fingerprint density at radius 2 is 1.86 bits per heavy atom. The molecule has 0 aliphatic carbocycles. The maximum Gasteiger partial charge on any atom is 0.266 e. The number of fused-ring (bicyclic) bond motifs is 1. The van der Waals surface area contributed by atoms with Gasteiger partial charge in [0.2, 0.25) is 0 Å². The number of benzene rings is 4. The van der Waals surface area contributed by atoms with Gasteiger partial charge in [0.25, 0.3) is 5.91 Å². The monoisotopic (exact) mass is 636 g/mol. The Bertz CT molecular complexity index is 1480. The summed E-state index contributed by atoms with van der Waals surface area (Å²) in [6, 6.07) is 26.0. The Kier molecular flexibility index (Phi) is 7.89. The average molecular weight is 637 g/mol. The van der Waals surface area contributed by atoms with Crippen LogP contribution in [0, 0.1) is 28.7 Å². The lowest BCUT2D eigenvalue weighted by atomic mass is 10.1. The Labute approximate surface area is 226 Å². The fraction of sp³-hybridized carbons (Fsp3) is 0.103. The molecule has 0 fully saturated rings. The number of ether oxygens (including phenoxy) is 1. The molecule has 0 heterocycles. The van der Waals surface area contributed by atoms with Gasteiger partial charge in [0.15, 0.2) is 0 Å². The van der Waals surface area contributed by atoms with Gasteiger partial charge in [-0.2, -0.15) is 5.26 Å². The van der Waals surface area contributed by atoms with E-state index in [-0.39, 0.29) is 5.57 Å². The molecule has 4 aromatic carbocycles.